The minimum absolute atomic E-state index is 0.351. The van der Waals surface area contributed by atoms with Crippen LogP contribution in [0.5, 0.6) is 11.5 Å². The van der Waals surface area contributed by atoms with Crippen LogP contribution in [-0.4, -0.2) is 49.6 Å². The number of imide groups is 1. The Bertz CT molecular complexity index is 994. The van der Waals surface area contributed by atoms with Gasteiger partial charge in [-0.05, 0) is 36.8 Å². The van der Waals surface area contributed by atoms with Gasteiger partial charge in [-0.15, -0.1) is 0 Å². The number of likely N-dealkylation sites (N-methyl/N-ethyl adjacent to an activating group) is 1. The van der Waals surface area contributed by atoms with Gasteiger partial charge >= 0.3 is 6.03 Å². The fourth-order valence-corrected chi connectivity index (χ4v) is 3.55. The molecule has 0 aromatic heterocycles. The van der Waals surface area contributed by atoms with E-state index in [1.54, 1.807) is 44.3 Å². The molecule has 156 valence electrons. The van der Waals surface area contributed by atoms with Gasteiger partial charge in [0.05, 0.1) is 13.2 Å². The minimum Gasteiger partial charge on any atom is -0.490 e. The highest BCUT2D eigenvalue weighted by molar-refractivity contribution is 6.10. The van der Waals surface area contributed by atoms with E-state index in [0.29, 0.717) is 36.0 Å². The summed E-state index contributed by atoms with van der Waals surface area (Å²) in [6.45, 7) is 2.35. The third kappa shape index (κ3) is 3.45. The summed E-state index contributed by atoms with van der Waals surface area (Å²) in [7, 11) is 1.61. The molecule has 2 aromatic carbocycles. The molecule has 30 heavy (non-hydrogen) atoms. The fourth-order valence-electron chi connectivity index (χ4n) is 3.55. The number of hydrogen-bond donors (Lipinski definition) is 1. The van der Waals surface area contributed by atoms with E-state index in [9.17, 15) is 14.4 Å². The van der Waals surface area contributed by atoms with Crippen LogP contribution in [0, 0.1) is 0 Å². The maximum atomic E-state index is 13.2. The van der Waals surface area contributed by atoms with Gasteiger partial charge in [-0.3, -0.25) is 14.5 Å². The first-order valence-electron chi connectivity index (χ1n) is 9.76. The lowest BCUT2D eigenvalue weighted by Crippen LogP contribution is -2.43. The molecule has 4 rings (SSSR count). The first-order chi connectivity index (χ1) is 14.4. The fraction of sp³-hybridized carbons (Fsp3) is 0.318. The van der Waals surface area contributed by atoms with E-state index in [0.717, 1.165) is 11.3 Å². The van der Waals surface area contributed by atoms with Gasteiger partial charge in [-0.2, -0.15) is 0 Å². The molecule has 1 fully saturated rings. The van der Waals surface area contributed by atoms with Crippen molar-refractivity contribution in [2.45, 2.75) is 18.9 Å². The van der Waals surface area contributed by atoms with Crippen molar-refractivity contribution in [2.75, 3.05) is 31.7 Å². The lowest BCUT2D eigenvalue weighted by atomic mass is 9.91. The molecule has 8 nitrogen and oxygen atoms in total. The summed E-state index contributed by atoms with van der Waals surface area (Å²) in [5, 5.41) is 2.72. The second-order valence-corrected chi connectivity index (χ2v) is 7.45. The number of para-hydroxylation sites is 1. The molecule has 0 aliphatic carbocycles. The highest BCUT2D eigenvalue weighted by Crippen LogP contribution is 2.36. The van der Waals surface area contributed by atoms with Gasteiger partial charge in [0.2, 0.25) is 5.91 Å². The largest absolute Gasteiger partial charge is 0.490 e. The Morgan fingerprint density at radius 1 is 1.10 bits per heavy atom. The zero-order valence-electron chi connectivity index (χ0n) is 16.9. The number of fused-ring (bicyclic) bond motifs is 1. The van der Waals surface area contributed by atoms with Crippen molar-refractivity contribution in [1.29, 1.82) is 0 Å². The second-order valence-electron chi connectivity index (χ2n) is 7.45. The number of anilines is 1. The van der Waals surface area contributed by atoms with Gasteiger partial charge in [0.25, 0.3) is 5.91 Å². The van der Waals surface area contributed by atoms with E-state index in [1.165, 1.54) is 4.90 Å². The van der Waals surface area contributed by atoms with Gasteiger partial charge in [-0.25, -0.2) is 4.79 Å². The molecule has 1 unspecified atom stereocenters. The molecule has 1 N–H and O–H groups in total. The van der Waals surface area contributed by atoms with Crippen LogP contribution >= 0.6 is 0 Å². The number of rotatable bonds is 4. The molecule has 0 saturated carbocycles. The molecular formula is C22H23N3O5. The molecular weight excluding hydrogens is 386 g/mol. The van der Waals surface area contributed by atoms with Crippen molar-refractivity contribution in [1.82, 2.24) is 10.2 Å². The summed E-state index contributed by atoms with van der Waals surface area (Å²) < 4.78 is 11.3. The Kier molecular flexibility index (Phi) is 5.07. The molecule has 2 aliphatic heterocycles. The van der Waals surface area contributed by atoms with E-state index in [4.69, 9.17) is 9.47 Å². The lowest BCUT2D eigenvalue weighted by molar-refractivity contribution is -0.134. The molecule has 0 bridgehead atoms. The quantitative estimate of drug-likeness (QED) is 0.783. The topological polar surface area (TPSA) is 88.2 Å². The number of amides is 4. The first kappa shape index (κ1) is 19.8. The van der Waals surface area contributed by atoms with Crippen LogP contribution in [0.1, 0.15) is 18.9 Å². The first-order valence-corrected chi connectivity index (χ1v) is 9.76. The number of nitrogens with one attached hydrogen (secondary N) is 1. The molecule has 1 atom stereocenters. The summed E-state index contributed by atoms with van der Waals surface area (Å²) >= 11 is 0. The molecule has 0 radical (unpaired) electrons. The van der Waals surface area contributed by atoms with E-state index < -0.39 is 17.5 Å². The molecule has 8 heteroatoms. The van der Waals surface area contributed by atoms with Crippen LogP contribution in [0.25, 0.3) is 0 Å². The smallest absolute Gasteiger partial charge is 0.325 e. The summed E-state index contributed by atoms with van der Waals surface area (Å²) in [5.74, 6) is 0.282. The predicted octanol–water partition coefficient (Wildman–Crippen LogP) is 2.28. The zero-order valence-corrected chi connectivity index (χ0v) is 16.9. The average molecular weight is 409 g/mol. The van der Waals surface area contributed by atoms with E-state index in [1.807, 2.05) is 18.2 Å². The Morgan fingerprint density at radius 2 is 1.80 bits per heavy atom. The molecule has 4 amide bonds. The normalized spacial score (nSPS) is 20.5. The van der Waals surface area contributed by atoms with Crippen LogP contribution in [-0.2, 0) is 15.1 Å². The number of hydrogen-bond acceptors (Lipinski definition) is 5. The Balaban J connectivity index is 1.55. The third-order valence-electron chi connectivity index (χ3n) is 5.41. The number of ether oxygens (including phenoxy) is 2. The lowest BCUT2D eigenvalue weighted by Gasteiger charge is -2.24. The van der Waals surface area contributed by atoms with Crippen LogP contribution in [0.3, 0.4) is 0 Å². The molecule has 0 spiro atoms. The Morgan fingerprint density at radius 3 is 2.53 bits per heavy atom. The van der Waals surface area contributed by atoms with Crippen molar-refractivity contribution < 1.29 is 23.9 Å². The van der Waals surface area contributed by atoms with E-state index in [2.05, 4.69) is 5.32 Å². The summed E-state index contributed by atoms with van der Waals surface area (Å²) in [6.07, 6.45) is 0.766. The van der Waals surface area contributed by atoms with Crippen molar-refractivity contribution in [3.63, 3.8) is 0 Å². The summed E-state index contributed by atoms with van der Waals surface area (Å²) in [4.78, 5) is 40.8. The van der Waals surface area contributed by atoms with E-state index in [-0.39, 0.29) is 12.5 Å². The van der Waals surface area contributed by atoms with Gasteiger partial charge in [-0.1, -0.05) is 24.3 Å². The summed E-state index contributed by atoms with van der Waals surface area (Å²) in [5.41, 5.74) is -0.0513. The van der Waals surface area contributed by atoms with Crippen LogP contribution in [0.2, 0.25) is 0 Å². The highest BCUT2D eigenvalue weighted by Gasteiger charge is 2.50. The van der Waals surface area contributed by atoms with Gasteiger partial charge in [0.1, 0.15) is 12.1 Å². The van der Waals surface area contributed by atoms with Gasteiger partial charge in [0.15, 0.2) is 11.5 Å². The minimum atomic E-state index is -1.30. The SMILES string of the molecule is CN(C(=O)CN1C(=O)NC(C)(c2ccc3c(c2)OCCCO3)C1=O)c1ccccc1. The zero-order chi connectivity index (χ0) is 21.3. The van der Waals surface area contributed by atoms with Crippen molar-refractivity contribution in [3.8, 4) is 11.5 Å². The van der Waals surface area contributed by atoms with Gasteiger partial charge < -0.3 is 19.7 Å². The number of nitrogens with zero attached hydrogens (tertiary/aromatic N) is 2. The Labute approximate surface area is 174 Å². The average Bonchev–Trinajstić information content (AvgIpc) is 2.93. The van der Waals surface area contributed by atoms with Crippen molar-refractivity contribution in [2.24, 2.45) is 0 Å². The molecule has 2 heterocycles. The predicted molar refractivity (Wildman–Crippen MR) is 109 cm³/mol. The van der Waals surface area contributed by atoms with Crippen LogP contribution in [0.15, 0.2) is 48.5 Å². The number of carbonyl (C=O) groups is 3. The van der Waals surface area contributed by atoms with Crippen molar-refractivity contribution in [3.05, 3.63) is 54.1 Å². The second kappa shape index (κ2) is 7.70. The highest BCUT2D eigenvalue weighted by atomic mass is 16.5. The standard InChI is InChI=1S/C22H23N3O5/c1-22(15-9-10-17-18(13-15)30-12-6-11-29-17)20(27)25(21(28)23-22)14-19(26)24(2)16-7-4-3-5-8-16/h3-5,7-10,13H,6,11-12,14H2,1-2H3,(H,23,28). The van der Waals surface area contributed by atoms with E-state index >= 15 is 0 Å². The molecule has 2 aromatic rings. The summed E-state index contributed by atoms with van der Waals surface area (Å²) in [6, 6.07) is 13.6. The van der Waals surface area contributed by atoms with Crippen LogP contribution in [0.4, 0.5) is 10.5 Å². The monoisotopic (exact) mass is 409 g/mol. The molecule has 2 aliphatic rings. The number of carbonyl (C=O) groups excluding carboxylic acids is 3. The number of benzene rings is 2. The van der Waals surface area contributed by atoms with Crippen LogP contribution < -0.4 is 19.7 Å². The number of urea groups is 1. The van der Waals surface area contributed by atoms with Gasteiger partial charge in [0, 0.05) is 19.2 Å². The van der Waals surface area contributed by atoms with Crippen molar-refractivity contribution >= 4 is 23.5 Å². The molecule has 1 saturated heterocycles. The maximum Gasteiger partial charge on any atom is 0.325 e. The maximum absolute atomic E-state index is 13.2. The Hall–Kier alpha value is -3.55. The third-order valence-corrected chi connectivity index (χ3v) is 5.41.